The zero-order valence-electron chi connectivity index (χ0n) is 21.7. The second kappa shape index (κ2) is 11.0. The van der Waals surface area contributed by atoms with E-state index in [9.17, 15) is 13.2 Å². The Morgan fingerprint density at radius 2 is 1.61 bits per heavy atom. The molecule has 3 aromatic carbocycles. The first kappa shape index (κ1) is 26.0. The Bertz CT molecular complexity index is 1450. The molecule has 1 saturated heterocycles. The van der Waals surface area contributed by atoms with Gasteiger partial charge in [-0.1, -0.05) is 42.5 Å². The van der Waals surface area contributed by atoms with Crippen molar-refractivity contribution in [1.29, 1.82) is 0 Å². The molecular weight excluding hydrogens is 498 g/mol. The van der Waals surface area contributed by atoms with E-state index in [4.69, 9.17) is 0 Å². The maximum Gasteiger partial charge on any atom is 0.258 e. The number of anilines is 3. The van der Waals surface area contributed by atoms with Crippen molar-refractivity contribution < 1.29 is 13.2 Å². The quantitative estimate of drug-likeness (QED) is 0.379. The van der Waals surface area contributed by atoms with Crippen LogP contribution >= 0.6 is 0 Å². The number of rotatable bonds is 8. The summed E-state index contributed by atoms with van der Waals surface area (Å²) in [7, 11) is -1.30. The number of piperazine rings is 1. The SMILES string of the molecule is CCS(=O)(=O)Nc1ccc2c(c1)C(=C(Nc1ccc(CN3CCN(C)CC3)cc1)c1ccccc1)C(=O)N2. The molecule has 2 heterocycles. The maximum absolute atomic E-state index is 13.2. The number of fused-ring (bicyclic) bond motifs is 1. The zero-order chi connectivity index (χ0) is 26.7. The van der Waals surface area contributed by atoms with E-state index in [1.165, 1.54) is 5.56 Å². The summed E-state index contributed by atoms with van der Waals surface area (Å²) in [5, 5.41) is 6.41. The highest BCUT2D eigenvalue weighted by Crippen LogP contribution is 2.39. The molecule has 0 spiro atoms. The predicted molar refractivity (Wildman–Crippen MR) is 154 cm³/mol. The molecule has 0 bridgehead atoms. The van der Waals surface area contributed by atoms with E-state index in [2.05, 4.69) is 44.3 Å². The van der Waals surface area contributed by atoms with Crippen LogP contribution in [0.4, 0.5) is 17.1 Å². The molecule has 1 fully saturated rings. The third-order valence-electron chi connectivity index (χ3n) is 6.96. The number of nitrogens with zero attached hydrogens (tertiary/aromatic N) is 2. The number of likely N-dealkylation sites (N-methyl/N-ethyl adjacent to an activating group) is 1. The van der Waals surface area contributed by atoms with E-state index in [0.717, 1.165) is 44.0 Å². The number of hydrogen-bond acceptors (Lipinski definition) is 6. The van der Waals surface area contributed by atoms with Crippen molar-refractivity contribution in [3.8, 4) is 0 Å². The molecule has 0 aliphatic carbocycles. The molecule has 0 radical (unpaired) electrons. The van der Waals surface area contributed by atoms with E-state index in [-0.39, 0.29) is 11.7 Å². The average molecular weight is 532 g/mol. The summed E-state index contributed by atoms with van der Waals surface area (Å²) in [6.07, 6.45) is 0. The first-order valence-corrected chi connectivity index (χ1v) is 14.5. The van der Waals surface area contributed by atoms with Gasteiger partial charge >= 0.3 is 0 Å². The monoisotopic (exact) mass is 531 g/mol. The van der Waals surface area contributed by atoms with Crippen molar-refractivity contribution in [3.05, 3.63) is 89.5 Å². The van der Waals surface area contributed by atoms with E-state index < -0.39 is 10.0 Å². The van der Waals surface area contributed by atoms with Crippen molar-refractivity contribution in [2.24, 2.45) is 0 Å². The molecule has 9 heteroatoms. The standard InChI is InChI=1S/C29H33N5O3S/c1-3-38(36,37)32-24-13-14-26-25(19-24)27(29(35)31-26)28(22-7-5-4-6-8-22)30-23-11-9-21(10-12-23)20-34-17-15-33(2)16-18-34/h4-14,19,30,32H,3,15-18,20H2,1-2H3,(H,31,35). The molecule has 198 valence electrons. The summed E-state index contributed by atoms with van der Waals surface area (Å²) in [6.45, 7) is 6.78. The Kier molecular flexibility index (Phi) is 7.51. The second-order valence-corrected chi connectivity index (χ2v) is 11.7. The van der Waals surface area contributed by atoms with Gasteiger partial charge in [-0.3, -0.25) is 14.4 Å². The van der Waals surface area contributed by atoms with Crippen molar-refractivity contribution in [2.75, 3.05) is 54.3 Å². The highest BCUT2D eigenvalue weighted by atomic mass is 32.2. The minimum absolute atomic E-state index is 0.0361. The van der Waals surface area contributed by atoms with Gasteiger partial charge in [0.05, 0.1) is 17.0 Å². The molecule has 2 aliphatic heterocycles. The molecule has 2 aliphatic rings. The highest BCUT2D eigenvalue weighted by molar-refractivity contribution is 7.92. The number of carbonyl (C=O) groups excluding carboxylic acids is 1. The largest absolute Gasteiger partial charge is 0.354 e. The molecule has 0 unspecified atom stereocenters. The van der Waals surface area contributed by atoms with Crippen LogP contribution in [0.3, 0.4) is 0 Å². The van der Waals surface area contributed by atoms with Gasteiger partial charge in [0.1, 0.15) is 0 Å². The van der Waals surface area contributed by atoms with E-state index >= 15 is 0 Å². The molecular formula is C29H33N5O3S. The Labute approximate surface area is 224 Å². The Balaban J connectivity index is 1.47. The van der Waals surface area contributed by atoms with Gasteiger partial charge in [-0.15, -0.1) is 0 Å². The molecule has 0 saturated carbocycles. The Morgan fingerprint density at radius 1 is 0.921 bits per heavy atom. The van der Waals surface area contributed by atoms with Crippen LogP contribution in [0.25, 0.3) is 11.3 Å². The van der Waals surface area contributed by atoms with Gasteiger partial charge in [0.25, 0.3) is 5.91 Å². The topological polar surface area (TPSA) is 93.8 Å². The smallest absolute Gasteiger partial charge is 0.258 e. The van der Waals surface area contributed by atoms with Crippen LogP contribution in [-0.2, 0) is 21.4 Å². The summed E-state index contributed by atoms with van der Waals surface area (Å²) in [5.41, 5.74) is 5.78. The van der Waals surface area contributed by atoms with Crippen molar-refractivity contribution in [3.63, 3.8) is 0 Å². The summed E-state index contributed by atoms with van der Waals surface area (Å²) in [6, 6.07) is 23.1. The van der Waals surface area contributed by atoms with Gasteiger partial charge in [-0.25, -0.2) is 8.42 Å². The van der Waals surface area contributed by atoms with E-state index in [1.807, 2.05) is 42.5 Å². The third kappa shape index (κ3) is 5.91. The fraction of sp³-hybridized carbons (Fsp3) is 0.276. The van der Waals surface area contributed by atoms with Crippen molar-refractivity contribution in [2.45, 2.75) is 13.5 Å². The number of hydrogen-bond donors (Lipinski definition) is 3. The number of carbonyl (C=O) groups is 1. The van der Waals surface area contributed by atoms with Crippen molar-refractivity contribution in [1.82, 2.24) is 9.80 Å². The van der Waals surface area contributed by atoms with E-state index in [0.29, 0.717) is 28.2 Å². The first-order chi connectivity index (χ1) is 18.3. The fourth-order valence-electron chi connectivity index (χ4n) is 4.72. The Hall–Kier alpha value is -3.66. The van der Waals surface area contributed by atoms with Crippen LogP contribution in [0.2, 0.25) is 0 Å². The molecule has 1 amide bonds. The van der Waals surface area contributed by atoms with E-state index in [1.54, 1.807) is 25.1 Å². The summed E-state index contributed by atoms with van der Waals surface area (Å²) in [4.78, 5) is 18.0. The summed E-state index contributed by atoms with van der Waals surface area (Å²) < 4.78 is 26.9. The van der Waals surface area contributed by atoms with Gasteiger partial charge in [-0.2, -0.15) is 0 Å². The summed E-state index contributed by atoms with van der Waals surface area (Å²) in [5.74, 6) is -0.278. The third-order valence-corrected chi connectivity index (χ3v) is 8.26. The van der Waals surface area contributed by atoms with Crippen LogP contribution < -0.4 is 15.4 Å². The van der Waals surface area contributed by atoms with Gasteiger partial charge < -0.3 is 15.5 Å². The molecule has 3 aromatic rings. The molecule has 0 atom stereocenters. The molecule has 3 N–H and O–H groups in total. The average Bonchev–Trinajstić information content (AvgIpc) is 3.24. The lowest BCUT2D eigenvalue weighted by molar-refractivity contribution is -0.110. The number of nitrogens with one attached hydrogen (secondary N) is 3. The Morgan fingerprint density at radius 3 is 2.29 bits per heavy atom. The second-order valence-electron chi connectivity index (χ2n) is 9.74. The van der Waals surface area contributed by atoms with Crippen LogP contribution in [-0.4, -0.2) is 63.1 Å². The van der Waals surface area contributed by atoms with Gasteiger partial charge in [0, 0.05) is 55.3 Å². The number of benzene rings is 3. The molecule has 5 rings (SSSR count). The van der Waals surface area contributed by atoms with Crippen LogP contribution in [0.5, 0.6) is 0 Å². The van der Waals surface area contributed by atoms with Crippen LogP contribution in [0.15, 0.2) is 72.8 Å². The predicted octanol–water partition coefficient (Wildman–Crippen LogP) is 4.13. The minimum atomic E-state index is -3.45. The lowest BCUT2D eigenvalue weighted by Gasteiger charge is -2.32. The minimum Gasteiger partial charge on any atom is -0.354 e. The van der Waals surface area contributed by atoms with Gasteiger partial charge in [0.2, 0.25) is 10.0 Å². The summed E-state index contributed by atoms with van der Waals surface area (Å²) >= 11 is 0. The number of sulfonamides is 1. The molecule has 38 heavy (non-hydrogen) atoms. The molecule has 0 aromatic heterocycles. The van der Waals surface area contributed by atoms with Crippen molar-refractivity contribution >= 4 is 44.3 Å². The van der Waals surface area contributed by atoms with Crippen LogP contribution in [0, 0.1) is 0 Å². The zero-order valence-corrected chi connectivity index (χ0v) is 22.5. The molecule has 8 nitrogen and oxygen atoms in total. The lowest BCUT2D eigenvalue weighted by Crippen LogP contribution is -2.43. The first-order valence-electron chi connectivity index (χ1n) is 12.8. The fourth-order valence-corrected chi connectivity index (χ4v) is 5.35. The van der Waals surface area contributed by atoms with Gasteiger partial charge in [-0.05, 0) is 55.4 Å². The number of amides is 1. The highest BCUT2D eigenvalue weighted by Gasteiger charge is 2.29. The normalized spacial score (nSPS) is 17.6. The van der Waals surface area contributed by atoms with Crippen LogP contribution in [0.1, 0.15) is 23.6 Å². The van der Waals surface area contributed by atoms with Gasteiger partial charge in [0.15, 0.2) is 0 Å². The lowest BCUT2D eigenvalue weighted by atomic mass is 9.99. The maximum atomic E-state index is 13.2.